The van der Waals surface area contributed by atoms with Crippen LogP contribution < -0.4 is 14.8 Å². The summed E-state index contributed by atoms with van der Waals surface area (Å²) < 4.78 is 25.3. The van der Waals surface area contributed by atoms with Gasteiger partial charge in [-0.05, 0) is 36.4 Å². The maximum Gasteiger partial charge on any atom is 0.234 e. The van der Waals surface area contributed by atoms with Gasteiger partial charge in [0.2, 0.25) is 5.91 Å². The number of hydrogen-bond donors (Lipinski definition) is 1. The Kier molecular flexibility index (Phi) is 6.15. The van der Waals surface area contributed by atoms with E-state index in [1.54, 1.807) is 49.1 Å². The Balaban J connectivity index is 1.66. The average Bonchev–Trinajstić information content (AvgIpc) is 3.07. The van der Waals surface area contributed by atoms with Crippen LogP contribution >= 0.6 is 11.8 Å². The summed E-state index contributed by atoms with van der Waals surface area (Å²) in [7, 11) is 4.88. The molecule has 1 aromatic heterocycles. The second kappa shape index (κ2) is 8.75. The van der Waals surface area contributed by atoms with Gasteiger partial charge in [-0.3, -0.25) is 4.79 Å². The second-order valence-corrected chi connectivity index (χ2v) is 6.72. The van der Waals surface area contributed by atoms with Crippen LogP contribution in [0.2, 0.25) is 0 Å². The molecule has 0 saturated heterocycles. The van der Waals surface area contributed by atoms with Crippen LogP contribution in [0, 0.1) is 5.82 Å². The first kappa shape index (κ1) is 19.7. The summed E-state index contributed by atoms with van der Waals surface area (Å²) in [5, 5.41) is 11.6. The van der Waals surface area contributed by atoms with E-state index >= 15 is 0 Å². The lowest BCUT2D eigenvalue weighted by Gasteiger charge is -2.11. The smallest absolute Gasteiger partial charge is 0.234 e. The Bertz CT molecular complexity index is 976. The minimum absolute atomic E-state index is 0.135. The molecule has 1 heterocycles. The fourth-order valence-corrected chi connectivity index (χ4v) is 3.23. The summed E-state index contributed by atoms with van der Waals surface area (Å²) in [4.78, 5) is 12.4. The highest BCUT2D eigenvalue weighted by atomic mass is 32.2. The van der Waals surface area contributed by atoms with E-state index in [9.17, 15) is 9.18 Å². The summed E-state index contributed by atoms with van der Waals surface area (Å²) in [6.07, 6.45) is 0. The van der Waals surface area contributed by atoms with Crippen molar-refractivity contribution in [2.75, 3.05) is 25.3 Å². The number of hydrogen-bond acceptors (Lipinski definition) is 6. The Morgan fingerprint density at radius 3 is 2.57 bits per heavy atom. The Morgan fingerprint density at radius 1 is 1.14 bits per heavy atom. The number of rotatable bonds is 7. The molecule has 0 radical (unpaired) electrons. The van der Waals surface area contributed by atoms with Crippen molar-refractivity contribution in [3.8, 4) is 22.9 Å². The monoisotopic (exact) mass is 402 g/mol. The number of amides is 1. The SMILES string of the molecule is COc1ccc(OC)c(NC(=O)CSc2nnc(-c3ccc(F)cc3)n2C)c1. The minimum atomic E-state index is -0.315. The third-order valence-corrected chi connectivity index (χ3v) is 4.97. The van der Waals surface area contributed by atoms with Crippen molar-refractivity contribution in [2.24, 2.45) is 7.05 Å². The van der Waals surface area contributed by atoms with Gasteiger partial charge < -0.3 is 19.4 Å². The van der Waals surface area contributed by atoms with Crippen molar-refractivity contribution >= 4 is 23.4 Å². The maximum absolute atomic E-state index is 13.1. The molecule has 0 fully saturated rings. The minimum Gasteiger partial charge on any atom is -0.497 e. The number of carbonyl (C=O) groups excluding carboxylic acids is 1. The van der Waals surface area contributed by atoms with E-state index in [0.717, 1.165) is 5.56 Å². The summed E-state index contributed by atoms with van der Waals surface area (Å²) >= 11 is 1.25. The molecule has 3 aromatic rings. The van der Waals surface area contributed by atoms with Crippen molar-refractivity contribution in [3.05, 3.63) is 48.3 Å². The van der Waals surface area contributed by atoms with Gasteiger partial charge in [0.1, 0.15) is 17.3 Å². The zero-order chi connectivity index (χ0) is 20.1. The summed E-state index contributed by atoms with van der Waals surface area (Å²) in [6.45, 7) is 0. The maximum atomic E-state index is 13.1. The largest absolute Gasteiger partial charge is 0.497 e. The van der Waals surface area contributed by atoms with Crippen molar-refractivity contribution in [1.29, 1.82) is 0 Å². The van der Waals surface area contributed by atoms with Crippen molar-refractivity contribution in [3.63, 3.8) is 0 Å². The number of methoxy groups -OCH3 is 2. The second-order valence-electron chi connectivity index (χ2n) is 5.78. The van der Waals surface area contributed by atoms with Crippen LogP contribution in [0.15, 0.2) is 47.6 Å². The van der Waals surface area contributed by atoms with Crippen LogP contribution in [0.25, 0.3) is 11.4 Å². The standard InChI is InChI=1S/C19H19FN4O3S/c1-24-18(12-4-6-13(20)7-5-12)22-23-19(24)28-11-17(25)21-15-10-14(26-2)8-9-16(15)27-3/h4-10H,11H2,1-3H3,(H,21,25). The number of aromatic nitrogens is 3. The molecule has 0 saturated carbocycles. The molecule has 1 amide bonds. The van der Waals surface area contributed by atoms with Gasteiger partial charge in [-0.25, -0.2) is 4.39 Å². The third kappa shape index (κ3) is 4.42. The fraction of sp³-hybridized carbons (Fsp3) is 0.211. The quantitative estimate of drug-likeness (QED) is 0.611. The molecule has 3 rings (SSSR count). The molecule has 0 atom stereocenters. The predicted molar refractivity (Wildman–Crippen MR) is 105 cm³/mol. The molecule has 7 nitrogen and oxygen atoms in total. The van der Waals surface area contributed by atoms with Crippen LogP contribution in [0.4, 0.5) is 10.1 Å². The van der Waals surface area contributed by atoms with Crippen LogP contribution in [0.1, 0.15) is 0 Å². The highest BCUT2D eigenvalue weighted by Crippen LogP contribution is 2.29. The van der Waals surface area contributed by atoms with Gasteiger partial charge in [-0.15, -0.1) is 10.2 Å². The van der Waals surface area contributed by atoms with E-state index in [4.69, 9.17) is 9.47 Å². The molecule has 2 aromatic carbocycles. The summed E-state index contributed by atoms with van der Waals surface area (Å²) in [6, 6.07) is 11.2. The highest BCUT2D eigenvalue weighted by Gasteiger charge is 2.14. The van der Waals surface area contributed by atoms with Crippen LogP contribution in [-0.2, 0) is 11.8 Å². The van der Waals surface area contributed by atoms with E-state index in [0.29, 0.717) is 28.2 Å². The van der Waals surface area contributed by atoms with Gasteiger partial charge >= 0.3 is 0 Å². The topological polar surface area (TPSA) is 78.3 Å². The lowest BCUT2D eigenvalue weighted by atomic mass is 10.2. The Hall–Kier alpha value is -3.07. The zero-order valence-electron chi connectivity index (χ0n) is 15.6. The summed E-state index contributed by atoms with van der Waals surface area (Å²) in [5.74, 6) is 1.35. The third-order valence-electron chi connectivity index (χ3n) is 3.95. The van der Waals surface area contributed by atoms with Gasteiger partial charge in [0.05, 0.1) is 25.7 Å². The van der Waals surface area contributed by atoms with Crippen LogP contribution in [0.3, 0.4) is 0 Å². The van der Waals surface area contributed by atoms with Gasteiger partial charge in [0, 0.05) is 18.7 Å². The van der Waals surface area contributed by atoms with Crippen LogP contribution in [-0.4, -0.2) is 40.6 Å². The number of ether oxygens (including phenoxy) is 2. The first-order chi connectivity index (χ1) is 13.5. The molecule has 0 bridgehead atoms. The number of anilines is 1. The van der Waals surface area contributed by atoms with Gasteiger partial charge in [0.25, 0.3) is 0 Å². The molecule has 0 spiro atoms. The zero-order valence-corrected chi connectivity index (χ0v) is 16.4. The van der Waals surface area contributed by atoms with E-state index in [1.165, 1.54) is 31.0 Å². The van der Waals surface area contributed by atoms with Gasteiger partial charge in [0.15, 0.2) is 11.0 Å². The number of nitrogens with one attached hydrogen (secondary N) is 1. The fourth-order valence-electron chi connectivity index (χ4n) is 2.52. The van der Waals surface area contributed by atoms with Crippen molar-refractivity contribution in [1.82, 2.24) is 14.8 Å². The van der Waals surface area contributed by atoms with Crippen molar-refractivity contribution < 1.29 is 18.7 Å². The Labute approximate surface area is 165 Å². The molecule has 1 N–H and O–H groups in total. The molecule has 0 aliphatic carbocycles. The van der Waals surface area contributed by atoms with Gasteiger partial charge in [-0.2, -0.15) is 0 Å². The van der Waals surface area contributed by atoms with Crippen LogP contribution in [0.5, 0.6) is 11.5 Å². The summed E-state index contributed by atoms with van der Waals surface area (Å²) in [5.41, 5.74) is 1.27. The number of benzene rings is 2. The Morgan fingerprint density at radius 2 is 1.89 bits per heavy atom. The number of carbonyl (C=O) groups is 1. The molecule has 0 aliphatic heterocycles. The molecular weight excluding hydrogens is 383 g/mol. The van der Waals surface area contributed by atoms with E-state index in [-0.39, 0.29) is 17.5 Å². The molecule has 0 aliphatic rings. The number of halogens is 1. The van der Waals surface area contributed by atoms with E-state index in [1.807, 2.05) is 0 Å². The first-order valence-corrected chi connectivity index (χ1v) is 9.30. The highest BCUT2D eigenvalue weighted by molar-refractivity contribution is 7.99. The number of thioether (sulfide) groups is 1. The first-order valence-electron chi connectivity index (χ1n) is 8.32. The molecule has 0 unspecified atom stereocenters. The van der Waals surface area contributed by atoms with Crippen molar-refractivity contribution in [2.45, 2.75) is 5.16 Å². The molecular formula is C19H19FN4O3S. The lowest BCUT2D eigenvalue weighted by Crippen LogP contribution is -2.15. The number of nitrogens with zero attached hydrogens (tertiary/aromatic N) is 3. The van der Waals surface area contributed by atoms with E-state index < -0.39 is 0 Å². The van der Waals surface area contributed by atoms with Gasteiger partial charge in [-0.1, -0.05) is 11.8 Å². The lowest BCUT2D eigenvalue weighted by molar-refractivity contribution is -0.113. The molecule has 9 heteroatoms. The molecule has 28 heavy (non-hydrogen) atoms. The predicted octanol–water partition coefficient (Wildman–Crippen LogP) is 3.37. The van der Waals surface area contributed by atoms with E-state index in [2.05, 4.69) is 15.5 Å². The molecule has 146 valence electrons. The normalized spacial score (nSPS) is 10.6. The average molecular weight is 402 g/mol.